The molecule has 0 saturated carbocycles. The Hall–Kier alpha value is -0.870. The van der Waals surface area contributed by atoms with E-state index in [2.05, 4.69) is 6.92 Å². The number of fused-ring (bicyclic) bond motifs is 1. The summed E-state index contributed by atoms with van der Waals surface area (Å²) in [5.74, 6) is 2.54. The van der Waals surface area contributed by atoms with Gasteiger partial charge in [-0.05, 0) is 29.9 Å². The predicted molar refractivity (Wildman–Crippen MR) is 67.9 cm³/mol. The van der Waals surface area contributed by atoms with Gasteiger partial charge in [0.2, 0.25) is 0 Å². The SMILES string of the molecule is CC1SCCC1(O)c1ccc2c(c1)OCCO2. The number of hydrogen-bond acceptors (Lipinski definition) is 4. The van der Waals surface area contributed by atoms with Crippen LogP contribution < -0.4 is 9.47 Å². The summed E-state index contributed by atoms with van der Waals surface area (Å²) in [5.41, 5.74) is 0.222. The van der Waals surface area contributed by atoms with E-state index in [4.69, 9.17) is 9.47 Å². The monoisotopic (exact) mass is 252 g/mol. The van der Waals surface area contributed by atoms with Gasteiger partial charge in [-0.25, -0.2) is 0 Å². The van der Waals surface area contributed by atoms with Crippen LogP contribution in [0.5, 0.6) is 11.5 Å². The van der Waals surface area contributed by atoms with Crippen molar-refractivity contribution in [3.63, 3.8) is 0 Å². The van der Waals surface area contributed by atoms with Gasteiger partial charge in [0.15, 0.2) is 11.5 Å². The minimum atomic E-state index is -0.722. The highest BCUT2D eigenvalue weighted by Crippen LogP contribution is 2.45. The molecule has 2 unspecified atom stereocenters. The quantitative estimate of drug-likeness (QED) is 0.831. The van der Waals surface area contributed by atoms with Crippen molar-refractivity contribution >= 4 is 11.8 Å². The number of hydrogen-bond donors (Lipinski definition) is 1. The molecule has 0 amide bonds. The second-order valence-electron chi connectivity index (χ2n) is 4.55. The van der Waals surface area contributed by atoms with E-state index >= 15 is 0 Å². The third kappa shape index (κ3) is 1.79. The maximum Gasteiger partial charge on any atom is 0.161 e. The first-order valence-electron chi connectivity index (χ1n) is 5.94. The number of thioether (sulfide) groups is 1. The highest BCUT2D eigenvalue weighted by Gasteiger charge is 2.41. The predicted octanol–water partition coefficient (Wildman–Crippen LogP) is 2.17. The zero-order valence-electron chi connectivity index (χ0n) is 9.81. The molecule has 0 spiro atoms. The van der Waals surface area contributed by atoms with Gasteiger partial charge in [-0.1, -0.05) is 13.0 Å². The fraction of sp³-hybridized carbons (Fsp3) is 0.538. The largest absolute Gasteiger partial charge is 0.486 e. The van der Waals surface area contributed by atoms with Crippen LogP contribution in [0.1, 0.15) is 18.9 Å². The molecule has 17 heavy (non-hydrogen) atoms. The normalized spacial score (nSPS) is 31.5. The third-order valence-corrected chi connectivity index (χ3v) is 4.90. The van der Waals surface area contributed by atoms with Crippen LogP contribution in [-0.4, -0.2) is 29.3 Å². The molecule has 2 heterocycles. The van der Waals surface area contributed by atoms with E-state index in [-0.39, 0.29) is 5.25 Å². The Morgan fingerprint density at radius 3 is 2.76 bits per heavy atom. The molecule has 0 aromatic heterocycles. The van der Waals surface area contributed by atoms with Gasteiger partial charge in [0.1, 0.15) is 18.8 Å². The van der Waals surface area contributed by atoms with Crippen LogP contribution in [0.2, 0.25) is 0 Å². The van der Waals surface area contributed by atoms with Crippen molar-refractivity contribution in [2.75, 3.05) is 19.0 Å². The van der Waals surface area contributed by atoms with Crippen molar-refractivity contribution in [3.8, 4) is 11.5 Å². The Labute approximate surface area is 105 Å². The molecular weight excluding hydrogens is 236 g/mol. The smallest absolute Gasteiger partial charge is 0.161 e. The van der Waals surface area contributed by atoms with Gasteiger partial charge in [-0.3, -0.25) is 0 Å². The van der Waals surface area contributed by atoms with E-state index in [1.807, 2.05) is 30.0 Å². The highest BCUT2D eigenvalue weighted by atomic mass is 32.2. The van der Waals surface area contributed by atoms with Gasteiger partial charge < -0.3 is 14.6 Å². The van der Waals surface area contributed by atoms with Crippen LogP contribution in [0, 0.1) is 0 Å². The molecule has 2 aliphatic rings. The summed E-state index contributed by atoms with van der Waals surface area (Å²) >= 11 is 1.81. The number of rotatable bonds is 1. The summed E-state index contributed by atoms with van der Waals surface area (Å²) in [6, 6.07) is 5.78. The standard InChI is InChI=1S/C13H16O3S/c1-9-13(14,4-7-17-9)10-2-3-11-12(8-10)16-6-5-15-11/h2-3,8-9,14H,4-7H2,1H3. The third-order valence-electron chi connectivity index (χ3n) is 3.57. The Kier molecular flexibility index (Phi) is 2.71. The van der Waals surface area contributed by atoms with Crippen LogP contribution in [0.25, 0.3) is 0 Å². The molecule has 0 bridgehead atoms. The summed E-state index contributed by atoms with van der Waals surface area (Å²) in [6.45, 7) is 3.26. The lowest BCUT2D eigenvalue weighted by molar-refractivity contribution is 0.0421. The Balaban J connectivity index is 1.98. The van der Waals surface area contributed by atoms with E-state index in [0.29, 0.717) is 13.2 Å². The van der Waals surface area contributed by atoms with E-state index in [1.165, 1.54) is 0 Å². The second kappa shape index (κ2) is 4.10. The van der Waals surface area contributed by atoms with Crippen LogP contribution in [0.4, 0.5) is 0 Å². The van der Waals surface area contributed by atoms with Crippen molar-refractivity contribution in [2.45, 2.75) is 24.2 Å². The zero-order chi connectivity index (χ0) is 11.9. The maximum absolute atomic E-state index is 10.7. The van der Waals surface area contributed by atoms with Gasteiger partial charge in [0.25, 0.3) is 0 Å². The average molecular weight is 252 g/mol. The minimum Gasteiger partial charge on any atom is -0.486 e. The lowest BCUT2D eigenvalue weighted by Gasteiger charge is -2.29. The van der Waals surface area contributed by atoms with E-state index in [9.17, 15) is 5.11 Å². The van der Waals surface area contributed by atoms with Crippen molar-refractivity contribution < 1.29 is 14.6 Å². The molecule has 1 aromatic rings. The maximum atomic E-state index is 10.7. The fourth-order valence-corrected chi connectivity index (χ4v) is 3.74. The first kappa shape index (κ1) is 11.2. The molecule has 1 saturated heterocycles. The van der Waals surface area contributed by atoms with E-state index in [1.54, 1.807) is 0 Å². The molecule has 3 rings (SSSR count). The van der Waals surface area contributed by atoms with Crippen LogP contribution in [0.15, 0.2) is 18.2 Å². The molecule has 3 nitrogen and oxygen atoms in total. The summed E-state index contributed by atoms with van der Waals surface area (Å²) in [5, 5.41) is 10.9. The lowest BCUT2D eigenvalue weighted by atomic mass is 9.88. The zero-order valence-corrected chi connectivity index (χ0v) is 10.6. The van der Waals surface area contributed by atoms with Crippen LogP contribution >= 0.6 is 11.8 Å². The van der Waals surface area contributed by atoms with Crippen LogP contribution in [0.3, 0.4) is 0 Å². The van der Waals surface area contributed by atoms with Gasteiger partial charge >= 0.3 is 0 Å². The Morgan fingerprint density at radius 2 is 2.06 bits per heavy atom. The molecule has 4 heteroatoms. The average Bonchev–Trinajstić information content (AvgIpc) is 2.70. The van der Waals surface area contributed by atoms with E-state index in [0.717, 1.165) is 29.2 Å². The van der Waals surface area contributed by atoms with Gasteiger partial charge in [-0.15, -0.1) is 0 Å². The summed E-state index contributed by atoms with van der Waals surface area (Å²) in [7, 11) is 0. The molecule has 2 aliphatic heterocycles. The van der Waals surface area contributed by atoms with E-state index < -0.39 is 5.60 Å². The summed E-state index contributed by atoms with van der Waals surface area (Å²) in [6.07, 6.45) is 0.804. The topological polar surface area (TPSA) is 38.7 Å². The Bertz CT molecular complexity index is 435. The molecule has 0 aliphatic carbocycles. The summed E-state index contributed by atoms with van der Waals surface area (Å²) < 4.78 is 11.0. The number of aliphatic hydroxyl groups is 1. The second-order valence-corrected chi connectivity index (χ2v) is 5.99. The fourth-order valence-electron chi connectivity index (χ4n) is 2.42. The van der Waals surface area contributed by atoms with Gasteiger partial charge in [0.05, 0.1) is 0 Å². The van der Waals surface area contributed by atoms with Crippen molar-refractivity contribution in [3.05, 3.63) is 23.8 Å². The molecule has 1 fully saturated rings. The molecular formula is C13H16O3S. The number of ether oxygens (including phenoxy) is 2. The molecule has 1 aromatic carbocycles. The molecule has 1 N–H and O–H groups in total. The number of benzene rings is 1. The first-order chi connectivity index (χ1) is 8.20. The summed E-state index contributed by atoms with van der Waals surface area (Å²) in [4.78, 5) is 0. The van der Waals surface area contributed by atoms with Crippen LogP contribution in [-0.2, 0) is 5.60 Å². The Morgan fingerprint density at radius 1 is 1.29 bits per heavy atom. The van der Waals surface area contributed by atoms with Crippen molar-refractivity contribution in [1.29, 1.82) is 0 Å². The minimum absolute atomic E-state index is 0.227. The van der Waals surface area contributed by atoms with Gasteiger partial charge in [-0.2, -0.15) is 11.8 Å². The highest BCUT2D eigenvalue weighted by molar-refractivity contribution is 8.00. The molecule has 2 atom stereocenters. The van der Waals surface area contributed by atoms with Gasteiger partial charge in [0, 0.05) is 5.25 Å². The van der Waals surface area contributed by atoms with Crippen molar-refractivity contribution in [2.24, 2.45) is 0 Å². The molecule has 0 radical (unpaired) electrons. The lowest BCUT2D eigenvalue weighted by Crippen LogP contribution is -2.31. The molecule has 92 valence electrons. The van der Waals surface area contributed by atoms with Crippen molar-refractivity contribution in [1.82, 2.24) is 0 Å². The first-order valence-corrected chi connectivity index (χ1v) is 6.99.